The molecule has 0 aromatic heterocycles. The predicted molar refractivity (Wildman–Crippen MR) is 247 cm³/mol. The molecule has 0 unspecified atom stereocenters. The van der Waals surface area contributed by atoms with Crippen LogP contribution in [-0.2, 0) is 54.4 Å². The second-order valence-corrected chi connectivity index (χ2v) is 18.7. The number of nitrogens with one attached hydrogen (secondary N) is 6. The number of primary amides is 1. The number of rotatable bonds is 30. The van der Waals surface area contributed by atoms with Crippen LogP contribution in [0.15, 0.2) is 30.3 Å². The minimum Gasteiger partial charge on any atom is -0.481 e. The van der Waals surface area contributed by atoms with Crippen LogP contribution >= 0.6 is 0 Å². The molecule has 23 nitrogen and oxygen atoms in total. The molecule has 1 aromatic carbocycles. The van der Waals surface area contributed by atoms with Gasteiger partial charge in [-0.1, -0.05) is 76.3 Å². The van der Waals surface area contributed by atoms with Crippen LogP contribution in [0, 0.1) is 17.8 Å². The van der Waals surface area contributed by atoms with Gasteiger partial charge in [0.25, 0.3) is 0 Å². The molecule has 7 amide bonds. The number of carboxylic acid groups (broad SMARTS) is 3. The molecule has 69 heavy (non-hydrogen) atoms. The Balaban J connectivity index is 2.32. The van der Waals surface area contributed by atoms with Gasteiger partial charge in [-0.2, -0.15) is 0 Å². The minimum atomic E-state index is -1.87. The highest BCUT2D eigenvalue weighted by molar-refractivity contribution is 5.96. The zero-order valence-corrected chi connectivity index (χ0v) is 39.9. The summed E-state index contributed by atoms with van der Waals surface area (Å²) in [6, 6.07) is -1.38. The summed E-state index contributed by atoms with van der Waals surface area (Å²) in [4.78, 5) is 128. The van der Waals surface area contributed by atoms with E-state index < -0.39 is 157 Å². The fourth-order valence-corrected chi connectivity index (χ4v) is 7.91. The summed E-state index contributed by atoms with van der Waals surface area (Å²) in [7, 11) is 0. The molecule has 0 bridgehead atoms. The van der Waals surface area contributed by atoms with E-state index in [2.05, 4.69) is 31.9 Å². The van der Waals surface area contributed by atoms with Crippen LogP contribution in [0.4, 0.5) is 0 Å². The molecule has 386 valence electrons. The van der Waals surface area contributed by atoms with E-state index >= 15 is 0 Å². The lowest BCUT2D eigenvalue weighted by Gasteiger charge is -2.35. The first-order valence-corrected chi connectivity index (χ1v) is 23.2. The van der Waals surface area contributed by atoms with Crippen molar-refractivity contribution >= 4 is 59.3 Å². The highest BCUT2D eigenvalue weighted by Gasteiger charge is 2.40. The van der Waals surface area contributed by atoms with Crippen molar-refractivity contribution in [1.29, 1.82) is 0 Å². The number of hydrogen-bond donors (Lipinski definition) is 13. The first kappa shape index (κ1) is 58.9. The lowest BCUT2D eigenvalue weighted by atomic mass is 9.79. The summed E-state index contributed by atoms with van der Waals surface area (Å²) in [6.45, 7) is 6.98. The van der Waals surface area contributed by atoms with Crippen LogP contribution < -0.4 is 43.4 Å². The molecule has 1 aromatic rings. The number of carbonyl (C=O) groups excluding carboxylic acids is 7. The van der Waals surface area contributed by atoms with Crippen molar-refractivity contribution in [2.24, 2.45) is 29.2 Å². The molecule has 0 radical (unpaired) electrons. The zero-order valence-electron chi connectivity index (χ0n) is 39.9. The SMILES string of the molecule is CC(C)[C@H](NC(=O)[C@@H](N)CCC(=O)O)C(=O)N[C@@H](CC(N)=O)C(=O)N[C@@H](CC1CCCCC1)[C@@H](O)C[C@H](C(=O)N[C@H](C)C(=O)N[C@H](CCC(=O)O)C(=O)N[C@H](Cc1ccccc1)C(=O)O)C(C)(C)O. The molecule has 2 rings (SSSR count). The zero-order chi connectivity index (χ0) is 52.2. The Bertz CT molecular complexity index is 1940. The fraction of sp³-hybridized carbons (Fsp3) is 0.652. The minimum absolute atomic E-state index is 0.0118. The lowest BCUT2D eigenvalue weighted by Crippen LogP contribution is -2.59. The van der Waals surface area contributed by atoms with Crippen molar-refractivity contribution in [2.45, 2.75) is 172 Å². The van der Waals surface area contributed by atoms with Gasteiger partial charge in [-0.05, 0) is 63.9 Å². The third kappa shape index (κ3) is 21.3. The van der Waals surface area contributed by atoms with Gasteiger partial charge in [0.15, 0.2) is 0 Å². The molecule has 1 aliphatic carbocycles. The van der Waals surface area contributed by atoms with Crippen LogP contribution in [0.25, 0.3) is 0 Å². The Kier molecular flexibility index (Phi) is 24.2. The van der Waals surface area contributed by atoms with Gasteiger partial charge in [0.1, 0.15) is 30.2 Å². The smallest absolute Gasteiger partial charge is 0.326 e. The third-order valence-corrected chi connectivity index (χ3v) is 12.0. The highest BCUT2D eigenvalue weighted by Crippen LogP contribution is 2.30. The summed E-state index contributed by atoms with van der Waals surface area (Å²) < 4.78 is 0. The molecule has 9 atom stereocenters. The number of nitrogens with two attached hydrogens (primary N) is 2. The number of benzene rings is 1. The molecule has 0 aliphatic heterocycles. The fourth-order valence-electron chi connectivity index (χ4n) is 7.91. The number of aliphatic hydroxyl groups excluding tert-OH is 1. The average Bonchev–Trinajstić information content (AvgIpc) is 3.26. The molecule has 0 spiro atoms. The van der Waals surface area contributed by atoms with Crippen molar-refractivity contribution in [3.05, 3.63) is 35.9 Å². The number of hydrogen-bond acceptors (Lipinski definition) is 13. The Morgan fingerprint density at radius 2 is 1.23 bits per heavy atom. The Labute approximate surface area is 401 Å². The van der Waals surface area contributed by atoms with Crippen molar-refractivity contribution in [2.75, 3.05) is 0 Å². The molecule has 1 fully saturated rings. The molecule has 0 heterocycles. The van der Waals surface area contributed by atoms with E-state index in [1.165, 1.54) is 20.8 Å². The summed E-state index contributed by atoms with van der Waals surface area (Å²) in [5, 5.41) is 66.0. The van der Waals surface area contributed by atoms with E-state index in [1.54, 1.807) is 44.2 Å². The maximum atomic E-state index is 14.0. The number of amides is 7. The highest BCUT2D eigenvalue weighted by atomic mass is 16.4. The van der Waals surface area contributed by atoms with Crippen LogP contribution in [0.1, 0.15) is 117 Å². The Hall–Kier alpha value is -6.20. The first-order chi connectivity index (χ1) is 32.2. The molecule has 0 saturated heterocycles. The standard InChI is InChI=1S/C46H72N8O15/c1-24(2)38(54-41(63)29(47)16-18-36(57)58)44(66)52-32(23-35(48)56)43(65)51-31(20-26-12-8-6-9-13-26)34(55)22-28(46(4,5)69)40(62)49-25(3)39(61)50-30(17-19-37(59)60)42(64)53-33(45(67)68)21-27-14-10-7-11-15-27/h7,10-11,14-15,24-26,28-34,38,55,69H,6,8-9,12-13,16-23,47H2,1-5H3,(H2,48,56)(H,49,62)(H,50,61)(H,51,65)(H,52,66)(H,53,64)(H,54,63)(H,57,58)(H,59,60)(H,67,68)/t25-,28-,29+,30-,31+,32+,33-,34+,38+/m1/s1. The molecular formula is C46H72N8O15. The number of carboxylic acids is 3. The van der Waals surface area contributed by atoms with Crippen molar-refractivity contribution in [3.63, 3.8) is 0 Å². The van der Waals surface area contributed by atoms with E-state index in [0.29, 0.717) is 5.56 Å². The first-order valence-electron chi connectivity index (χ1n) is 23.2. The van der Waals surface area contributed by atoms with E-state index in [9.17, 15) is 68.4 Å². The van der Waals surface area contributed by atoms with E-state index in [4.69, 9.17) is 16.6 Å². The van der Waals surface area contributed by atoms with Crippen molar-refractivity contribution < 1.29 is 73.5 Å². The quantitative estimate of drug-likeness (QED) is 0.0437. The molecule has 1 aliphatic rings. The maximum Gasteiger partial charge on any atom is 0.326 e. The van der Waals surface area contributed by atoms with Crippen LogP contribution in [0.5, 0.6) is 0 Å². The second-order valence-electron chi connectivity index (χ2n) is 18.7. The van der Waals surface area contributed by atoms with Crippen LogP contribution in [0.3, 0.4) is 0 Å². The van der Waals surface area contributed by atoms with Crippen molar-refractivity contribution in [3.8, 4) is 0 Å². The van der Waals surface area contributed by atoms with Gasteiger partial charge in [0.05, 0.1) is 36.1 Å². The summed E-state index contributed by atoms with van der Waals surface area (Å²) >= 11 is 0. The van der Waals surface area contributed by atoms with Gasteiger partial charge in [0.2, 0.25) is 41.4 Å². The van der Waals surface area contributed by atoms with Gasteiger partial charge in [0, 0.05) is 19.3 Å². The van der Waals surface area contributed by atoms with E-state index in [-0.39, 0.29) is 25.2 Å². The van der Waals surface area contributed by atoms with Gasteiger partial charge >= 0.3 is 17.9 Å². The number of aliphatic hydroxyl groups is 2. The summed E-state index contributed by atoms with van der Waals surface area (Å²) in [6.07, 6.45) is -0.205. The normalized spacial score (nSPS) is 16.9. The van der Waals surface area contributed by atoms with Gasteiger partial charge < -0.3 is 68.9 Å². The molecular weight excluding hydrogens is 905 g/mol. The van der Waals surface area contributed by atoms with Gasteiger partial charge in [-0.15, -0.1) is 0 Å². The van der Waals surface area contributed by atoms with Gasteiger partial charge in [-0.3, -0.25) is 43.2 Å². The summed E-state index contributed by atoms with van der Waals surface area (Å²) in [5.41, 5.74) is 10.0. The Morgan fingerprint density at radius 1 is 0.681 bits per heavy atom. The van der Waals surface area contributed by atoms with Gasteiger partial charge in [-0.25, -0.2) is 4.79 Å². The van der Waals surface area contributed by atoms with E-state index in [1.807, 2.05) is 0 Å². The largest absolute Gasteiger partial charge is 0.481 e. The predicted octanol–water partition coefficient (Wildman–Crippen LogP) is -1.06. The number of carbonyl (C=O) groups is 10. The second kappa shape index (κ2) is 28.3. The van der Waals surface area contributed by atoms with Crippen molar-refractivity contribution in [1.82, 2.24) is 31.9 Å². The molecule has 23 heteroatoms. The average molecular weight is 977 g/mol. The molecule has 1 saturated carbocycles. The maximum absolute atomic E-state index is 14.0. The third-order valence-electron chi connectivity index (χ3n) is 12.0. The lowest BCUT2D eigenvalue weighted by molar-refractivity contribution is -0.143. The van der Waals surface area contributed by atoms with Crippen LogP contribution in [0.2, 0.25) is 0 Å². The summed E-state index contributed by atoms with van der Waals surface area (Å²) in [5.74, 6) is -12.5. The Morgan fingerprint density at radius 3 is 1.77 bits per heavy atom. The monoisotopic (exact) mass is 977 g/mol. The van der Waals surface area contributed by atoms with E-state index in [0.717, 1.165) is 32.1 Å². The topological polar surface area (TPSA) is 396 Å². The molecule has 15 N–H and O–H groups in total. The number of aliphatic carboxylic acids is 3. The van der Waals surface area contributed by atoms with Crippen LogP contribution in [-0.4, -0.2) is 139 Å².